The molecule has 3 N–H and O–H groups in total. The molecular weight excluding hydrogens is 334 g/mol. The first-order valence-electron chi connectivity index (χ1n) is 8.27. The first-order valence-corrected chi connectivity index (χ1v) is 8.27. The fourth-order valence-corrected chi connectivity index (χ4v) is 2.75. The number of amides is 2. The van der Waals surface area contributed by atoms with Crippen LogP contribution >= 0.6 is 0 Å². The number of aryl methyl sites for hydroxylation is 2. The van der Waals surface area contributed by atoms with E-state index < -0.39 is 5.97 Å². The molecule has 0 saturated carbocycles. The minimum Gasteiger partial charge on any atom is -0.465 e. The minimum absolute atomic E-state index is 0.188. The van der Waals surface area contributed by atoms with Crippen LogP contribution in [0, 0.1) is 13.8 Å². The molecule has 1 aromatic heterocycles. The van der Waals surface area contributed by atoms with Gasteiger partial charge in [0.2, 0.25) is 5.91 Å². The van der Waals surface area contributed by atoms with Crippen LogP contribution in [0.25, 0.3) is 0 Å². The average molecular weight is 357 g/mol. The number of carbonyl (C=O) groups excluding carboxylic acids is 3. The molecule has 2 amide bonds. The van der Waals surface area contributed by atoms with Crippen molar-refractivity contribution in [3.63, 3.8) is 0 Å². The van der Waals surface area contributed by atoms with Gasteiger partial charge in [0.05, 0.1) is 12.7 Å². The zero-order valence-corrected chi connectivity index (χ0v) is 15.6. The van der Waals surface area contributed by atoms with Crippen molar-refractivity contribution in [3.05, 3.63) is 46.3 Å². The number of hydrogen-bond donors (Lipinski definition) is 3. The Kier molecular flexibility index (Phi) is 5.82. The van der Waals surface area contributed by atoms with Gasteiger partial charge in [0.25, 0.3) is 5.91 Å². The van der Waals surface area contributed by atoms with E-state index in [0.29, 0.717) is 40.3 Å². The topological polar surface area (TPSA) is 100 Å². The molecular formula is C19H23N3O4. The third-order valence-corrected chi connectivity index (χ3v) is 4.10. The Balaban J connectivity index is 2.32. The Hall–Kier alpha value is -3.09. The SMILES string of the molecule is CCc1[nH]c(C(=O)Nc2ccc(C)c(NC(C)=O)c2)c(C)c1C(=O)OC. The van der Waals surface area contributed by atoms with Crippen LogP contribution in [0.15, 0.2) is 18.2 Å². The summed E-state index contributed by atoms with van der Waals surface area (Å²) in [5.74, 6) is -1.03. The first kappa shape index (κ1) is 19.2. The molecule has 7 heteroatoms. The lowest BCUT2D eigenvalue weighted by Gasteiger charge is -2.10. The Morgan fingerprint density at radius 1 is 1.15 bits per heavy atom. The summed E-state index contributed by atoms with van der Waals surface area (Å²) in [5.41, 5.74) is 3.95. The van der Waals surface area contributed by atoms with E-state index in [0.717, 1.165) is 5.56 Å². The van der Waals surface area contributed by atoms with Crippen LogP contribution in [0.2, 0.25) is 0 Å². The Bertz CT molecular complexity index is 868. The summed E-state index contributed by atoms with van der Waals surface area (Å²) in [6.45, 7) is 6.88. The summed E-state index contributed by atoms with van der Waals surface area (Å²) < 4.78 is 4.81. The van der Waals surface area contributed by atoms with E-state index in [-0.39, 0.29) is 11.8 Å². The maximum Gasteiger partial charge on any atom is 0.339 e. The monoisotopic (exact) mass is 357 g/mol. The predicted octanol–water partition coefficient (Wildman–Crippen LogP) is 3.19. The van der Waals surface area contributed by atoms with Crippen molar-refractivity contribution in [1.82, 2.24) is 4.98 Å². The highest BCUT2D eigenvalue weighted by Crippen LogP contribution is 2.23. The second kappa shape index (κ2) is 7.86. The number of ether oxygens (including phenoxy) is 1. The van der Waals surface area contributed by atoms with Gasteiger partial charge in [-0.25, -0.2) is 4.79 Å². The minimum atomic E-state index is -0.474. The number of esters is 1. The van der Waals surface area contributed by atoms with Gasteiger partial charge in [-0.05, 0) is 43.5 Å². The number of aromatic nitrogens is 1. The van der Waals surface area contributed by atoms with Crippen molar-refractivity contribution in [1.29, 1.82) is 0 Å². The van der Waals surface area contributed by atoms with Crippen molar-refractivity contribution in [2.24, 2.45) is 0 Å². The van der Waals surface area contributed by atoms with Crippen LogP contribution in [0.3, 0.4) is 0 Å². The Morgan fingerprint density at radius 2 is 1.85 bits per heavy atom. The van der Waals surface area contributed by atoms with E-state index in [1.807, 2.05) is 13.8 Å². The van der Waals surface area contributed by atoms with Gasteiger partial charge >= 0.3 is 5.97 Å². The number of rotatable bonds is 5. The zero-order chi connectivity index (χ0) is 19.4. The fraction of sp³-hybridized carbons (Fsp3) is 0.316. The number of methoxy groups -OCH3 is 1. The second-order valence-corrected chi connectivity index (χ2v) is 5.99. The lowest BCUT2D eigenvalue weighted by molar-refractivity contribution is -0.114. The summed E-state index contributed by atoms with van der Waals surface area (Å²) in [4.78, 5) is 38.9. The van der Waals surface area contributed by atoms with E-state index in [4.69, 9.17) is 4.74 Å². The molecule has 0 spiro atoms. The fourth-order valence-electron chi connectivity index (χ4n) is 2.75. The number of aromatic amines is 1. The number of H-pyrrole nitrogens is 1. The van der Waals surface area contributed by atoms with E-state index in [9.17, 15) is 14.4 Å². The predicted molar refractivity (Wildman–Crippen MR) is 99.7 cm³/mol. The van der Waals surface area contributed by atoms with Gasteiger partial charge in [0.1, 0.15) is 5.69 Å². The Morgan fingerprint density at radius 3 is 2.42 bits per heavy atom. The number of benzene rings is 1. The molecule has 1 heterocycles. The van der Waals surface area contributed by atoms with Gasteiger partial charge in [0.15, 0.2) is 0 Å². The molecule has 0 radical (unpaired) electrons. The number of nitrogens with one attached hydrogen (secondary N) is 3. The van der Waals surface area contributed by atoms with E-state index in [2.05, 4.69) is 15.6 Å². The zero-order valence-electron chi connectivity index (χ0n) is 15.6. The molecule has 0 aliphatic heterocycles. The van der Waals surface area contributed by atoms with Crippen molar-refractivity contribution in [2.45, 2.75) is 34.1 Å². The molecule has 138 valence electrons. The Labute approximate surface area is 152 Å². The van der Waals surface area contributed by atoms with E-state index in [1.54, 1.807) is 25.1 Å². The molecule has 2 rings (SSSR count). The average Bonchev–Trinajstić information content (AvgIpc) is 2.93. The van der Waals surface area contributed by atoms with Crippen LogP contribution < -0.4 is 10.6 Å². The highest BCUT2D eigenvalue weighted by Gasteiger charge is 2.23. The van der Waals surface area contributed by atoms with E-state index >= 15 is 0 Å². The van der Waals surface area contributed by atoms with Gasteiger partial charge in [-0.1, -0.05) is 13.0 Å². The smallest absolute Gasteiger partial charge is 0.339 e. The third-order valence-electron chi connectivity index (χ3n) is 4.10. The maximum absolute atomic E-state index is 12.7. The van der Waals surface area contributed by atoms with Crippen LogP contribution in [0.4, 0.5) is 11.4 Å². The quantitative estimate of drug-likeness (QED) is 0.715. The molecule has 0 bridgehead atoms. The molecule has 0 fully saturated rings. The highest BCUT2D eigenvalue weighted by atomic mass is 16.5. The lowest BCUT2D eigenvalue weighted by Crippen LogP contribution is -2.15. The summed E-state index contributed by atoms with van der Waals surface area (Å²) >= 11 is 0. The van der Waals surface area contributed by atoms with Gasteiger partial charge < -0.3 is 20.4 Å². The van der Waals surface area contributed by atoms with Crippen molar-refractivity contribution >= 4 is 29.2 Å². The van der Waals surface area contributed by atoms with Crippen molar-refractivity contribution < 1.29 is 19.1 Å². The highest BCUT2D eigenvalue weighted by molar-refractivity contribution is 6.07. The van der Waals surface area contributed by atoms with Gasteiger partial charge in [-0.3, -0.25) is 9.59 Å². The molecule has 0 saturated heterocycles. The molecule has 26 heavy (non-hydrogen) atoms. The van der Waals surface area contributed by atoms with Crippen LogP contribution in [-0.2, 0) is 16.0 Å². The van der Waals surface area contributed by atoms with Crippen molar-refractivity contribution in [2.75, 3.05) is 17.7 Å². The van der Waals surface area contributed by atoms with Crippen LogP contribution in [0.5, 0.6) is 0 Å². The maximum atomic E-state index is 12.7. The van der Waals surface area contributed by atoms with E-state index in [1.165, 1.54) is 14.0 Å². The van der Waals surface area contributed by atoms with Gasteiger partial charge in [-0.2, -0.15) is 0 Å². The second-order valence-electron chi connectivity index (χ2n) is 5.99. The molecule has 0 atom stereocenters. The molecule has 0 aliphatic rings. The number of carbonyl (C=O) groups is 3. The van der Waals surface area contributed by atoms with Gasteiger partial charge in [0, 0.05) is 24.0 Å². The van der Waals surface area contributed by atoms with Crippen molar-refractivity contribution in [3.8, 4) is 0 Å². The lowest BCUT2D eigenvalue weighted by atomic mass is 10.1. The molecule has 2 aromatic rings. The summed E-state index contributed by atoms with van der Waals surface area (Å²) in [6, 6.07) is 5.24. The van der Waals surface area contributed by atoms with Crippen LogP contribution in [0.1, 0.15) is 51.5 Å². The molecule has 0 aliphatic carbocycles. The molecule has 7 nitrogen and oxygen atoms in total. The van der Waals surface area contributed by atoms with Crippen LogP contribution in [-0.4, -0.2) is 29.9 Å². The summed E-state index contributed by atoms with van der Waals surface area (Å²) in [5, 5.41) is 5.51. The number of hydrogen-bond acceptors (Lipinski definition) is 4. The first-order chi connectivity index (χ1) is 12.3. The van der Waals surface area contributed by atoms with Gasteiger partial charge in [-0.15, -0.1) is 0 Å². The number of anilines is 2. The summed E-state index contributed by atoms with van der Waals surface area (Å²) in [6.07, 6.45) is 0.565. The third kappa shape index (κ3) is 3.93. The molecule has 0 unspecified atom stereocenters. The normalized spacial score (nSPS) is 10.3. The largest absolute Gasteiger partial charge is 0.465 e. The standard InChI is InChI=1S/C19H23N3O4/c1-6-14-16(19(25)26-5)11(3)17(22-14)18(24)21-13-8-7-10(2)15(9-13)20-12(4)23/h7-9,22H,6H2,1-5H3,(H,20,23)(H,21,24). The summed E-state index contributed by atoms with van der Waals surface area (Å²) in [7, 11) is 1.31. The molecule has 1 aromatic carbocycles.